The minimum atomic E-state index is -4.39. The summed E-state index contributed by atoms with van der Waals surface area (Å²) in [7, 11) is 0. The van der Waals surface area contributed by atoms with Crippen molar-refractivity contribution >= 4 is 17.6 Å². The molecule has 0 saturated carbocycles. The molecule has 0 saturated heterocycles. The second kappa shape index (κ2) is 7.50. The molecule has 1 rings (SSSR count). The Balaban J connectivity index is 2.45. The number of alkyl halides is 3. The first-order valence-corrected chi connectivity index (χ1v) is 6.27. The van der Waals surface area contributed by atoms with Crippen molar-refractivity contribution in [3.63, 3.8) is 0 Å². The summed E-state index contributed by atoms with van der Waals surface area (Å²) >= 11 is 5.71. The van der Waals surface area contributed by atoms with Crippen LogP contribution >= 0.6 is 11.6 Å². The zero-order valence-electron chi connectivity index (χ0n) is 10.5. The zero-order valence-corrected chi connectivity index (χ0v) is 11.2. The lowest BCUT2D eigenvalue weighted by Gasteiger charge is -2.13. The van der Waals surface area contributed by atoms with Gasteiger partial charge in [-0.15, -0.1) is 0 Å². The quantitative estimate of drug-likeness (QED) is 0.783. The molecule has 0 bridgehead atoms. The third-order valence-corrected chi connectivity index (χ3v) is 2.87. The number of rotatable bonds is 7. The molecule has 112 valence electrons. The lowest BCUT2D eigenvalue weighted by molar-refractivity contribution is -0.175. The summed E-state index contributed by atoms with van der Waals surface area (Å²) in [5.41, 5.74) is 0.762. The van der Waals surface area contributed by atoms with Gasteiger partial charge < -0.3 is 9.84 Å². The molecular weight excluding hydrogens is 297 g/mol. The Morgan fingerprint density at radius 1 is 1.30 bits per heavy atom. The van der Waals surface area contributed by atoms with Crippen LogP contribution in [0.4, 0.5) is 13.2 Å². The van der Waals surface area contributed by atoms with Gasteiger partial charge in [-0.3, -0.25) is 4.79 Å². The number of benzene rings is 1. The standard InChI is InChI=1S/C13H14ClF3O3/c14-11-3-1-9(2-4-11)7-10(12(18)19)5-6-20-8-13(15,16)17/h1-4,10H,5-8H2,(H,18,19). The fraction of sp³-hybridized carbons (Fsp3) is 0.462. The molecule has 1 unspecified atom stereocenters. The van der Waals surface area contributed by atoms with Crippen LogP contribution in [0.15, 0.2) is 24.3 Å². The number of aliphatic carboxylic acids is 1. The lowest BCUT2D eigenvalue weighted by Crippen LogP contribution is -2.22. The van der Waals surface area contributed by atoms with Crippen molar-refractivity contribution in [3.05, 3.63) is 34.9 Å². The van der Waals surface area contributed by atoms with Crippen LogP contribution in [-0.2, 0) is 16.0 Å². The molecule has 1 atom stereocenters. The molecule has 0 aromatic heterocycles. The summed E-state index contributed by atoms with van der Waals surface area (Å²) in [5.74, 6) is -1.85. The number of hydrogen-bond acceptors (Lipinski definition) is 2. The van der Waals surface area contributed by atoms with Crippen LogP contribution in [-0.4, -0.2) is 30.5 Å². The number of carboxylic acids is 1. The van der Waals surface area contributed by atoms with E-state index < -0.39 is 24.7 Å². The van der Waals surface area contributed by atoms with E-state index in [1.807, 2.05) is 0 Å². The second-order valence-electron chi connectivity index (χ2n) is 4.32. The summed E-state index contributed by atoms with van der Waals surface area (Å²) in [5, 5.41) is 9.58. The first-order valence-electron chi connectivity index (χ1n) is 5.89. The Labute approximate surface area is 119 Å². The van der Waals surface area contributed by atoms with Gasteiger partial charge in [0.1, 0.15) is 6.61 Å². The maximum atomic E-state index is 11.9. The number of carbonyl (C=O) groups is 1. The van der Waals surface area contributed by atoms with Crippen molar-refractivity contribution in [3.8, 4) is 0 Å². The van der Waals surface area contributed by atoms with Gasteiger partial charge in [0.05, 0.1) is 5.92 Å². The Kier molecular flexibility index (Phi) is 6.29. The molecule has 7 heteroatoms. The van der Waals surface area contributed by atoms with Crippen LogP contribution in [0.25, 0.3) is 0 Å². The van der Waals surface area contributed by atoms with Crippen LogP contribution in [0.3, 0.4) is 0 Å². The van der Waals surface area contributed by atoms with Gasteiger partial charge >= 0.3 is 12.1 Å². The molecule has 20 heavy (non-hydrogen) atoms. The van der Waals surface area contributed by atoms with Crippen molar-refractivity contribution in [1.82, 2.24) is 0 Å². The molecule has 3 nitrogen and oxygen atoms in total. The van der Waals surface area contributed by atoms with Gasteiger partial charge in [0, 0.05) is 11.6 Å². The maximum absolute atomic E-state index is 11.9. The van der Waals surface area contributed by atoms with Crippen molar-refractivity contribution in [1.29, 1.82) is 0 Å². The molecule has 1 N–H and O–H groups in total. The summed E-state index contributed by atoms with van der Waals surface area (Å²) in [6.07, 6.45) is -4.15. The highest BCUT2D eigenvalue weighted by Crippen LogP contribution is 2.18. The normalized spacial score (nSPS) is 13.2. The Bertz CT molecular complexity index is 431. The minimum absolute atomic E-state index is 0.0219. The van der Waals surface area contributed by atoms with E-state index in [2.05, 4.69) is 4.74 Å². The first kappa shape index (κ1) is 16.8. The molecule has 0 aliphatic rings. The lowest BCUT2D eigenvalue weighted by atomic mass is 9.97. The number of halogens is 4. The second-order valence-corrected chi connectivity index (χ2v) is 4.76. The Hall–Kier alpha value is -1.27. The fourth-order valence-corrected chi connectivity index (χ4v) is 1.76. The van der Waals surface area contributed by atoms with Crippen molar-refractivity contribution in [2.75, 3.05) is 13.2 Å². The van der Waals surface area contributed by atoms with Gasteiger partial charge in [0.25, 0.3) is 0 Å². The molecule has 0 aliphatic carbocycles. The van der Waals surface area contributed by atoms with Crippen LogP contribution < -0.4 is 0 Å². The number of hydrogen-bond donors (Lipinski definition) is 1. The van der Waals surface area contributed by atoms with E-state index in [-0.39, 0.29) is 19.4 Å². The van der Waals surface area contributed by atoms with E-state index in [1.165, 1.54) is 0 Å². The van der Waals surface area contributed by atoms with Gasteiger partial charge in [-0.2, -0.15) is 13.2 Å². The van der Waals surface area contributed by atoms with E-state index in [4.69, 9.17) is 16.7 Å². The molecule has 0 heterocycles. The highest BCUT2D eigenvalue weighted by atomic mass is 35.5. The smallest absolute Gasteiger partial charge is 0.411 e. The highest BCUT2D eigenvalue weighted by Gasteiger charge is 2.27. The average molecular weight is 311 g/mol. The molecule has 0 radical (unpaired) electrons. The van der Waals surface area contributed by atoms with Gasteiger partial charge in [0.15, 0.2) is 0 Å². The van der Waals surface area contributed by atoms with Gasteiger partial charge in [-0.05, 0) is 30.5 Å². The van der Waals surface area contributed by atoms with Crippen molar-refractivity contribution in [2.24, 2.45) is 5.92 Å². The third-order valence-electron chi connectivity index (χ3n) is 2.62. The number of carboxylic acid groups (broad SMARTS) is 1. The average Bonchev–Trinajstić information content (AvgIpc) is 2.34. The number of ether oxygens (including phenoxy) is 1. The molecular formula is C13H14ClF3O3. The molecule has 1 aromatic carbocycles. The van der Waals surface area contributed by atoms with Crippen LogP contribution in [0.1, 0.15) is 12.0 Å². The predicted molar refractivity (Wildman–Crippen MR) is 67.8 cm³/mol. The summed E-state index contributed by atoms with van der Waals surface area (Å²) in [6.45, 7) is -1.61. The monoisotopic (exact) mass is 310 g/mol. The Morgan fingerprint density at radius 3 is 2.40 bits per heavy atom. The Morgan fingerprint density at radius 2 is 1.90 bits per heavy atom. The maximum Gasteiger partial charge on any atom is 0.411 e. The first-order chi connectivity index (χ1) is 9.28. The van der Waals surface area contributed by atoms with Crippen molar-refractivity contribution < 1.29 is 27.8 Å². The van der Waals surface area contributed by atoms with E-state index in [1.54, 1.807) is 24.3 Å². The molecule has 0 fully saturated rings. The molecule has 0 spiro atoms. The summed E-state index contributed by atoms with van der Waals surface area (Å²) in [4.78, 5) is 11.1. The van der Waals surface area contributed by atoms with E-state index in [0.29, 0.717) is 5.02 Å². The molecule has 0 amide bonds. The topological polar surface area (TPSA) is 46.5 Å². The predicted octanol–water partition coefficient (Wildman–Crippen LogP) is 3.55. The summed E-state index contributed by atoms with van der Waals surface area (Å²) in [6, 6.07) is 6.65. The van der Waals surface area contributed by atoms with E-state index >= 15 is 0 Å². The van der Waals surface area contributed by atoms with Crippen LogP contribution in [0.5, 0.6) is 0 Å². The van der Waals surface area contributed by atoms with Crippen LogP contribution in [0.2, 0.25) is 5.02 Å². The molecule has 0 aliphatic heterocycles. The van der Waals surface area contributed by atoms with Crippen molar-refractivity contribution in [2.45, 2.75) is 19.0 Å². The minimum Gasteiger partial charge on any atom is -0.481 e. The van der Waals surface area contributed by atoms with Gasteiger partial charge in [-0.25, -0.2) is 0 Å². The highest BCUT2D eigenvalue weighted by molar-refractivity contribution is 6.30. The summed E-state index contributed by atoms with van der Waals surface area (Å²) < 4.78 is 40.0. The fourth-order valence-electron chi connectivity index (χ4n) is 1.63. The van der Waals surface area contributed by atoms with Gasteiger partial charge in [-0.1, -0.05) is 23.7 Å². The third kappa shape index (κ3) is 6.77. The molecule has 1 aromatic rings. The SMILES string of the molecule is O=C(O)C(CCOCC(F)(F)F)Cc1ccc(Cl)cc1. The van der Waals surface area contributed by atoms with E-state index in [0.717, 1.165) is 5.56 Å². The largest absolute Gasteiger partial charge is 0.481 e. The van der Waals surface area contributed by atoms with Crippen LogP contribution in [0, 0.1) is 5.92 Å². The van der Waals surface area contributed by atoms with Gasteiger partial charge in [0.2, 0.25) is 0 Å². The zero-order chi connectivity index (χ0) is 15.2. The van der Waals surface area contributed by atoms with E-state index in [9.17, 15) is 18.0 Å².